The molecule has 1 amide bonds. The predicted octanol–water partition coefficient (Wildman–Crippen LogP) is 0.777. The number of carbonyl (C=O) groups is 4. The Morgan fingerprint density at radius 3 is 1.95 bits per heavy atom. The van der Waals surface area contributed by atoms with E-state index in [1.165, 1.54) is 13.8 Å². The summed E-state index contributed by atoms with van der Waals surface area (Å²) in [6.45, 7) is 4.65. The van der Waals surface area contributed by atoms with Crippen LogP contribution in [0.5, 0.6) is 0 Å². The molecule has 0 aromatic rings. The van der Waals surface area contributed by atoms with Gasteiger partial charge in [-0.25, -0.2) is 0 Å². The number of amides is 1. The molecule has 0 aromatic heterocycles. The normalized spacial score (nSPS) is 13.3. The summed E-state index contributed by atoms with van der Waals surface area (Å²) in [5.74, 6) is -0.388. The van der Waals surface area contributed by atoms with E-state index < -0.39 is 6.04 Å². The van der Waals surface area contributed by atoms with Crippen molar-refractivity contribution in [1.82, 2.24) is 10.6 Å². The molecule has 0 aliphatic carbocycles. The van der Waals surface area contributed by atoms with Gasteiger partial charge in [0.05, 0.1) is 12.1 Å². The number of likely N-dealkylation sites (N-methyl/N-ethyl adjacent to an activating group) is 1. The Labute approximate surface area is 126 Å². The molecular formula is C15H26N2O4. The Morgan fingerprint density at radius 2 is 1.52 bits per heavy atom. The molecule has 2 N–H and O–H groups in total. The molecule has 6 nitrogen and oxygen atoms in total. The van der Waals surface area contributed by atoms with Crippen molar-refractivity contribution in [1.29, 1.82) is 0 Å². The standard InChI is InChI=1S/C15H26N2O4/c1-5-14(20)13(7-6-10(2)18)17-15(21)9-8-12(16-4)11(3)19/h12-13,16H,5-9H2,1-4H3,(H,17,21). The van der Waals surface area contributed by atoms with Gasteiger partial charge in [-0.05, 0) is 33.7 Å². The van der Waals surface area contributed by atoms with Crippen LogP contribution in [0, 0.1) is 0 Å². The van der Waals surface area contributed by atoms with Crippen LogP contribution in [0.25, 0.3) is 0 Å². The van der Waals surface area contributed by atoms with Gasteiger partial charge in [0, 0.05) is 19.3 Å². The lowest BCUT2D eigenvalue weighted by molar-refractivity contribution is -0.128. The Kier molecular flexibility index (Phi) is 9.45. The first kappa shape index (κ1) is 19.4. The second-order valence-corrected chi connectivity index (χ2v) is 5.17. The lowest BCUT2D eigenvalue weighted by atomic mass is 10.0. The zero-order chi connectivity index (χ0) is 16.4. The van der Waals surface area contributed by atoms with Gasteiger partial charge in [-0.3, -0.25) is 14.4 Å². The molecule has 6 heteroatoms. The fourth-order valence-corrected chi connectivity index (χ4v) is 2.00. The van der Waals surface area contributed by atoms with Gasteiger partial charge in [-0.15, -0.1) is 0 Å². The maximum Gasteiger partial charge on any atom is 0.220 e. The maximum atomic E-state index is 11.9. The first-order valence-electron chi connectivity index (χ1n) is 7.31. The average Bonchev–Trinajstić information content (AvgIpc) is 2.42. The summed E-state index contributed by atoms with van der Waals surface area (Å²) in [5.41, 5.74) is 0. The van der Waals surface area contributed by atoms with Gasteiger partial charge in [0.15, 0.2) is 5.78 Å². The smallest absolute Gasteiger partial charge is 0.220 e. The number of ketones is 3. The van der Waals surface area contributed by atoms with Crippen LogP contribution < -0.4 is 10.6 Å². The highest BCUT2D eigenvalue weighted by molar-refractivity contribution is 5.89. The lowest BCUT2D eigenvalue weighted by Gasteiger charge is -2.17. The highest BCUT2D eigenvalue weighted by Crippen LogP contribution is 2.05. The number of hydrogen-bond donors (Lipinski definition) is 2. The lowest BCUT2D eigenvalue weighted by Crippen LogP contribution is -2.42. The quantitative estimate of drug-likeness (QED) is 0.588. The third-order valence-corrected chi connectivity index (χ3v) is 3.36. The van der Waals surface area contributed by atoms with E-state index in [4.69, 9.17) is 0 Å². The highest BCUT2D eigenvalue weighted by atomic mass is 16.2. The molecule has 2 atom stereocenters. The van der Waals surface area contributed by atoms with Crippen molar-refractivity contribution in [2.45, 2.75) is 65.0 Å². The van der Waals surface area contributed by atoms with Crippen LogP contribution in [0.1, 0.15) is 52.9 Å². The molecule has 0 fully saturated rings. The zero-order valence-electron chi connectivity index (χ0n) is 13.3. The number of nitrogens with one attached hydrogen (secondary N) is 2. The average molecular weight is 298 g/mol. The van der Waals surface area contributed by atoms with Crippen LogP contribution in [0.4, 0.5) is 0 Å². The molecule has 0 heterocycles. The Hall–Kier alpha value is -1.56. The summed E-state index contributed by atoms with van der Waals surface area (Å²) >= 11 is 0. The van der Waals surface area contributed by atoms with Gasteiger partial charge in [-0.2, -0.15) is 0 Å². The van der Waals surface area contributed by atoms with Gasteiger partial charge < -0.3 is 15.4 Å². The van der Waals surface area contributed by atoms with Crippen LogP contribution in [0.15, 0.2) is 0 Å². The number of carbonyl (C=O) groups excluding carboxylic acids is 4. The Bertz CT molecular complexity index is 393. The van der Waals surface area contributed by atoms with E-state index in [2.05, 4.69) is 10.6 Å². The van der Waals surface area contributed by atoms with Gasteiger partial charge in [0.1, 0.15) is 11.6 Å². The SMILES string of the molecule is CCC(=O)C(CCC(C)=O)NC(=O)CCC(NC)C(C)=O. The van der Waals surface area contributed by atoms with E-state index in [1.807, 2.05) is 0 Å². The summed E-state index contributed by atoms with van der Waals surface area (Å²) in [6.07, 6.45) is 1.46. The van der Waals surface area contributed by atoms with Gasteiger partial charge in [0.25, 0.3) is 0 Å². The van der Waals surface area contributed by atoms with E-state index in [9.17, 15) is 19.2 Å². The minimum Gasteiger partial charge on any atom is -0.346 e. The third kappa shape index (κ3) is 8.34. The van der Waals surface area contributed by atoms with Gasteiger partial charge in [0.2, 0.25) is 5.91 Å². The minimum atomic E-state index is -0.614. The molecule has 0 spiro atoms. The highest BCUT2D eigenvalue weighted by Gasteiger charge is 2.20. The molecule has 0 bridgehead atoms. The first-order chi connectivity index (χ1) is 9.81. The minimum absolute atomic E-state index is 0.00928. The largest absolute Gasteiger partial charge is 0.346 e. The molecule has 0 radical (unpaired) electrons. The predicted molar refractivity (Wildman–Crippen MR) is 79.9 cm³/mol. The van der Waals surface area contributed by atoms with Crippen LogP contribution >= 0.6 is 0 Å². The topological polar surface area (TPSA) is 92.3 Å². The molecule has 2 unspecified atom stereocenters. The van der Waals surface area contributed by atoms with E-state index in [1.54, 1.807) is 14.0 Å². The molecular weight excluding hydrogens is 272 g/mol. The van der Waals surface area contributed by atoms with E-state index in [0.717, 1.165) is 0 Å². The summed E-state index contributed by atoms with van der Waals surface area (Å²) < 4.78 is 0. The van der Waals surface area contributed by atoms with Crippen molar-refractivity contribution >= 4 is 23.3 Å². The maximum absolute atomic E-state index is 11.9. The van der Waals surface area contributed by atoms with Crippen molar-refractivity contribution in [3.8, 4) is 0 Å². The van der Waals surface area contributed by atoms with E-state index in [0.29, 0.717) is 19.3 Å². The van der Waals surface area contributed by atoms with Crippen molar-refractivity contribution in [2.75, 3.05) is 7.05 Å². The van der Waals surface area contributed by atoms with Crippen molar-refractivity contribution in [3.63, 3.8) is 0 Å². The van der Waals surface area contributed by atoms with Gasteiger partial charge >= 0.3 is 0 Å². The number of Topliss-reactive ketones (excluding diaryl/α,β-unsaturated/α-hetero) is 3. The molecule has 21 heavy (non-hydrogen) atoms. The Balaban J connectivity index is 4.42. The molecule has 120 valence electrons. The summed E-state index contributed by atoms with van der Waals surface area (Å²) in [6, 6.07) is -0.968. The number of hydrogen-bond acceptors (Lipinski definition) is 5. The summed E-state index contributed by atoms with van der Waals surface area (Å²) in [7, 11) is 1.67. The van der Waals surface area contributed by atoms with Crippen LogP contribution in [-0.2, 0) is 19.2 Å². The second-order valence-electron chi connectivity index (χ2n) is 5.17. The molecule has 0 saturated heterocycles. The van der Waals surface area contributed by atoms with Crippen LogP contribution in [0.2, 0.25) is 0 Å². The molecule has 0 rings (SSSR count). The number of rotatable bonds is 11. The third-order valence-electron chi connectivity index (χ3n) is 3.36. The summed E-state index contributed by atoms with van der Waals surface area (Å²) in [4.78, 5) is 45.9. The molecule has 0 saturated carbocycles. The second kappa shape index (κ2) is 10.2. The van der Waals surface area contributed by atoms with Crippen LogP contribution in [0.3, 0.4) is 0 Å². The fraction of sp³-hybridized carbons (Fsp3) is 0.733. The first-order valence-corrected chi connectivity index (χ1v) is 7.31. The van der Waals surface area contributed by atoms with Crippen molar-refractivity contribution < 1.29 is 19.2 Å². The van der Waals surface area contributed by atoms with Crippen molar-refractivity contribution in [2.24, 2.45) is 0 Å². The van der Waals surface area contributed by atoms with E-state index in [-0.39, 0.29) is 42.1 Å². The van der Waals surface area contributed by atoms with Crippen LogP contribution in [-0.4, -0.2) is 42.4 Å². The summed E-state index contributed by atoms with van der Waals surface area (Å²) in [5, 5.41) is 5.50. The molecule has 0 aliphatic heterocycles. The van der Waals surface area contributed by atoms with Crippen molar-refractivity contribution in [3.05, 3.63) is 0 Å². The zero-order valence-corrected chi connectivity index (χ0v) is 13.3. The molecule has 0 aromatic carbocycles. The van der Waals surface area contributed by atoms with Gasteiger partial charge in [-0.1, -0.05) is 6.92 Å². The monoisotopic (exact) mass is 298 g/mol. The fourth-order valence-electron chi connectivity index (χ4n) is 2.00. The Morgan fingerprint density at radius 1 is 0.952 bits per heavy atom. The molecule has 0 aliphatic rings. The van der Waals surface area contributed by atoms with E-state index >= 15 is 0 Å².